The molecule has 4 aromatic carbocycles. The molecule has 1 N–H and O–H groups in total. The molecule has 0 aromatic heterocycles. The van der Waals surface area contributed by atoms with Crippen LogP contribution in [0.2, 0.25) is 0 Å². The van der Waals surface area contributed by atoms with Crippen LogP contribution in [0, 0.1) is 0 Å². The average molecular weight is 574 g/mol. The van der Waals surface area contributed by atoms with Crippen molar-refractivity contribution in [1.29, 1.82) is 0 Å². The number of carbonyl (C=O) groups excluding carboxylic acids is 2. The molecule has 0 aliphatic heterocycles. The number of esters is 1. The minimum Gasteiger partial charge on any atom is -0.459 e. The minimum absolute atomic E-state index is 0.0204. The predicted octanol–water partition coefficient (Wildman–Crippen LogP) is 6.65. The van der Waals surface area contributed by atoms with Gasteiger partial charge in [0.1, 0.15) is 19.0 Å². The Morgan fingerprint density at radius 1 is 0.585 bits per heavy atom. The average Bonchev–Trinajstić information content (AvgIpc) is 3.02. The van der Waals surface area contributed by atoms with Gasteiger partial charge in [0, 0.05) is 6.42 Å². The summed E-state index contributed by atoms with van der Waals surface area (Å²) in [6.45, 7) is -0.642. The molecule has 0 aliphatic rings. The fraction of sp³-hybridized carbons (Fsp3) is 0.188. The summed E-state index contributed by atoms with van der Waals surface area (Å²) in [5.41, 5.74) is 3.12. The molecule has 0 fully saturated rings. The number of carbonyl (C=O) groups is 2. The highest BCUT2D eigenvalue weighted by Gasteiger charge is 2.39. The third-order valence-electron chi connectivity index (χ3n) is 6.01. The molecule has 0 saturated carbocycles. The van der Waals surface area contributed by atoms with E-state index < -0.39 is 32.0 Å². The molecule has 0 saturated heterocycles. The Labute approximate surface area is 239 Å². The van der Waals surface area contributed by atoms with E-state index in [1.165, 1.54) is 0 Å². The maximum Gasteiger partial charge on any atom is 0.408 e. The highest BCUT2D eigenvalue weighted by molar-refractivity contribution is 7.54. The monoisotopic (exact) mass is 573 g/mol. The van der Waals surface area contributed by atoms with Gasteiger partial charge >= 0.3 is 19.7 Å². The maximum atomic E-state index is 14.4. The van der Waals surface area contributed by atoms with Crippen LogP contribution >= 0.6 is 7.60 Å². The summed E-state index contributed by atoms with van der Waals surface area (Å²) in [5, 5.41) is 2.67. The van der Waals surface area contributed by atoms with Crippen LogP contribution in [-0.2, 0) is 54.1 Å². The number of hydrogen-bond acceptors (Lipinski definition) is 7. The van der Waals surface area contributed by atoms with E-state index in [2.05, 4.69) is 5.32 Å². The van der Waals surface area contributed by atoms with E-state index >= 15 is 0 Å². The van der Waals surface area contributed by atoms with Crippen molar-refractivity contribution in [3.63, 3.8) is 0 Å². The Bertz CT molecular complexity index is 1400. The highest BCUT2D eigenvalue weighted by atomic mass is 31.2. The van der Waals surface area contributed by atoms with Gasteiger partial charge in [0.05, 0.1) is 6.61 Å². The Morgan fingerprint density at radius 3 is 1.54 bits per heavy atom. The van der Waals surface area contributed by atoms with Crippen molar-refractivity contribution in [3.8, 4) is 0 Å². The van der Waals surface area contributed by atoms with E-state index in [1.807, 2.05) is 121 Å². The van der Waals surface area contributed by atoms with E-state index in [0.717, 1.165) is 22.3 Å². The summed E-state index contributed by atoms with van der Waals surface area (Å²) in [6.07, 6.45) is -0.694. The fourth-order valence-corrected chi connectivity index (χ4v) is 5.61. The third-order valence-corrected chi connectivity index (χ3v) is 8.06. The van der Waals surface area contributed by atoms with Gasteiger partial charge in [-0.15, -0.1) is 0 Å². The van der Waals surface area contributed by atoms with Gasteiger partial charge in [0.15, 0.2) is 6.61 Å². The quantitative estimate of drug-likeness (QED) is 0.133. The molecule has 4 aromatic rings. The lowest BCUT2D eigenvalue weighted by molar-refractivity contribution is -0.147. The zero-order valence-corrected chi connectivity index (χ0v) is 23.4. The van der Waals surface area contributed by atoms with Crippen LogP contribution in [0.3, 0.4) is 0 Å². The van der Waals surface area contributed by atoms with E-state index in [0.29, 0.717) is 0 Å². The van der Waals surface area contributed by atoms with Gasteiger partial charge in [-0.3, -0.25) is 9.09 Å². The summed E-state index contributed by atoms with van der Waals surface area (Å²) < 4.78 is 36.6. The van der Waals surface area contributed by atoms with Crippen LogP contribution in [0.15, 0.2) is 121 Å². The Hall–Kier alpha value is -4.23. The van der Waals surface area contributed by atoms with Gasteiger partial charge in [-0.05, 0) is 22.3 Å². The number of hydrogen-bond donors (Lipinski definition) is 1. The van der Waals surface area contributed by atoms with Crippen LogP contribution in [-0.4, -0.2) is 24.5 Å². The zero-order valence-electron chi connectivity index (χ0n) is 22.5. The number of alkyl carbamates (subject to hydrolysis) is 1. The predicted molar refractivity (Wildman–Crippen MR) is 155 cm³/mol. The minimum atomic E-state index is -4.17. The normalized spacial score (nSPS) is 13.0. The number of ether oxygens (including phenoxy) is 2. The SMILES string of the molecule is O=C(COP(=O)(OCc1ccccc1)C(Cc1ccccc1)NC(=O)OCc1ccccc1)OCc1ccccc1. The summed E-state index contributed by atoms with van der Waals surface area (Å²) in [6, 6.07) is 36.7. The van der Waals surface area contributed by atoms with Crippen molar-refractivity contribution in [3.05, 3.63) is 144 Å². The number of rotatable bonds is 14. The van der Waals surface area contributed by atoms with Crippen molar-refractivity contribution in [1.82, 2.24) is 5.32 Å². The van der Waals surface area contributed by atoms with Crippen LogP contribution in [0.25, 0.3) is 0 Å². The zero-order chi connectivity index (χ0) is 28.8. The standard InChI is InChI=1S/C32H32NO7P/c34-31(37-22-27-15-7-2-8-16-27)25-40-41(36,39-24-29-19-11-4-12-20-29)30(21-26-13-5-1-6-14-26)33-32(35)38-23-28-17-9-3-10-18-28/h1-20,30H,21-25H2,(H,33,35). The molecule has 4 rings (SSSR count). The molecule has 2 unspecified atom stereocenters. The van der Waals surface area contributed by atoms with E-state index in [-0.39, 0.29) is 26.2 Å². The molecule has 0 radical (unpaired) electrons. The van der Waals surface area contributed by atoms with Crippen molar-refractivity contribution in [2.24, 2.45) is 0 Å². The molecule has 0 heterocycles. The smallest absolute Gasteiger partial charge is 0.408 e. The first kappa shape index (κ1) is 29.7. The van der Waals surface area contributed by atoms with Gasteiger partial charge in [0.2, 0.25) is 0 Å². The lowest BCUT2D eigenvalue weighted by Crippen LogP contribution is -2.38. The van der Waals surface area contributed by atoms with Crippen molar-refractivity contribution >= 4 is 19.7 Å². The van der Waals surface area contributed by atoms with Crippen LogP contribution in [0.5, 0.6) is 0 Å². The Morgan fingerprint density at radius 2 is 1.02 bits per heavy atom. The Balaban J connectivity index is 1.50. The molecule has 0 spiro atoms. The van der Waals surface area contributed by atoms with Gasteiger partial charge in [0.25, 0.3) is 0 Å². The van der Waals surface area contributed by atoms with E-state index in [4.69, 9.17) is 18.5 Å². The van der Waals surface area contributed by atoms with Gasteiger partial charge in [-0.1, -0.05) is 121 Å². The molecule has 0 bridgehead atoms. The first-order valence-corrected chi connectivity index (χ1v) is 14.7. The third kappa shape index (κ3) is 10.0. The van der Waals surface area contributed by atoms with Gasteiger partial charge in [-0.2, -0.15) is 0 Å². The topological polar surface area (TPSA) is 100 Å². The Kier molecular flexibility index (Phi) is 11.3. The first-order valence-electron chi connectivity index (χ1n) is 13.1. The summed E-state index contributed by atoms with van der Waals surface area (Å²) in [4.78, 5) is 25.4. The van der Waals surface area contributed by atoms with Crippen molar-refractivity contribution in [2.45, 2.75) is 32.0 Å². The van der Waals surface area contributed by atoms with E-state index in [1.54, 1.807) is 0 Å². The molecule has 9 heteroatoms. The van der Waals surface area contributed by atoms with Crippen LogP contribution in [0.4, 0.5) is 4.79 Å². The van der Waals surface area contributed by atoms with Crippen LogP contribution in [0.1, 0.15) is 22.3 Å². The molecule has 2 atom stereocenters. The van der Waals surface area contributed by atoms with Gasteiger partial charge < -0.3 is 19.3 Å². The second kappa shape index (κ2) is 15.5. The molecule has 41 heavy (non-hydrogen) atoms. The number of amides is 1. The van der Waals surface area contributed by atoms with E-state index in [9.17, 15) is 14.2 Å². The molecule has 0 aliphatic carbocycles. The highest BCUT2D eigenvalue weighted by Crippen LogP contribution is 2.54. The van der Waals surface area contributed by atoms with Crippen molar-refractivity contribution < 1.29 is 32.7 Å². The van der Waals surface area contributed by atoms with Crippen LogP contribution < -0.4 is 5.32 Å². The largest absolute Gasteiger partial charge is 0.459 e. The lowest BCUT2D eigenvalue weighted by Gasteiger charge is -2.27. The summed E-state index contributed by atoms with van der Waals surface area (Å²) in [7, 11) is -4.17. The summed E-state index contributed by atoms with van der Waals surface area (Å²) >= 11 is 0. The molecule has 1 amide bonds. The molecule has 212 valence electrons. The number of benzene rings is 4. The second-order valence-electron chi connectivity index (χ2n) is 9.13. The molecular formula is C32H32NO7P. The van der Waals surface area contributed by atoms with Gasteiger partial charge in [-0.25, -0.2) is 9.59 Å². The lowest BCUT2D eigenvalue weighted by atomic mass is 10.1. The molecular weight excluding hydrogens is 541 g/mol. The fourth-order valence-electron chi connectivity index (χ4n) is 3.86. The first-order chi connectivity index (χ1) is 20.0. The maximum absolute atomic E-state index is 14.4. The summed E-state index contributed by atoms with van der Waals surface area (Å²) in [5.74, 6) is -1.87. The second-order valence-corrected chi connectivity index (χ2v) is 11.3. The van der Waals surface area contributed by atoms with Crippen molar-refractivity contribution in [2.75, 3.05) is 6.61 Å². The number of nitrogens with one attached hydrogen (secondary N) is 1. The molecule has 8 nitrogen and oxygen atoms in total.